The zero-order valence-electron chi connectivity index (χ0n) is 19.4. The minimum Gasteiger partial charge on any atom is -0.349 e. The van der Waals surface area contributed by atoms with E-state index in [-0.39, 0.29) is 18.4 Å². The fraction of sp³-hybridized carbons (Fsp3) is 0.435. The van der Waals surface area contributed by atoms with Gasteiger partial charge in [-0.25, -0.2) is 15.0 Å². The smallest absolute Gasteiger partial charge is 0.349 e. The lowest BCUT2D eigenvalue weighted by Crippen LogP contribution is -2.37. The molecule has 0 fully saturated rings. The molecule has 180 valence electrons. The molecule has 0 spiro atoms. The van der Waals surface area contributed by atoms with Crippen molar-refractivity contribution >= 4 is 17.4 Å². The number of nitrogens with zero attached hydrogens (tertiary/aromatic N) is 6. The van der Waals surface area contributed by atoms with E-state index < -0.39 is 11.9 Å². The molecule has 3 aromatic rings. The zero-order chi connectivity index (χ0) is 24.6. The molecule has 1 N–H and O–H groups in total. The van der Waals surface area contributed by atoms with Crippen LogP contribution in [0, 0.1) is 6.92 Å². The van der Waals surface area contributed by atoms with Gasteiger partial charge in [0.25, 0.3) is 0 Å². The third kappa shape index (κ3) is 5.02. The molecule has 0 unspecified atom stereocenters. The average Bonchev–Trinajstić information content (AvgIpc) is 3.19. The van der Waals surface area contributed by atoms with E-state index in [1.807, 2.05) is 34.0 Å². The van der Waals surface area contributed by atoms with E-state index in [9.17, 15) is 18.0 Å². The second kappa shape index (κ2) is 9.03. The van der Waals surface area contributed by atoms with Crippen LogP contribution in [0.4, 0.5) is 24.7 Å². The average molecular weight is 474 g/mol. The van der Waals surface area contributed by atoms with Crippen molar-refractivity contribution in [1.29, 1.82) is 0 Å². The molecule has 0 saturated heterocycles. The third-order valence-corrected chi connectivity index (χ3v) is 5.63. The van der Waals surface area contributed by atoms with E-state index in [4.69, 9.17) is 0 Å². The van der Waals surface area contributed by atoms with Gasteiger partial charge in [-0.15, -0.1) is 0 Å². The van der Waals surface area contributed by atoms with Crippen molar-refractivity contribution in [2.24, 2.45) is 0 Å². The Morgan fingerprint density at radius 2 is 1.91 bits per heavy atom. The summed E-state index contributed by atoms with van der Waals surface area (Å²) in [4.78, 5) is 26.6. The van der Waals surface area contributed by atoms with Crippen molar-refractivity contribution in [1.82, 2.24) is 24.7 Å². The van der Waals surface area contributed by atoms with Crippen molar-refractivity contribution in [3.05, 3.63) is 58.6 Å². The first-order valence-corrected chi connectivity index (χ1v) is 11.0. The Bertz CT molecular complexity index is 1220. The van der Waals surface area contributed by atoms with Crippen molar-refractivity contribution in [2.45, 2.75) is 52.3 Å². The minimum absolute atomic E-state index is 0.0919. The number of aromatic nitrogens is 5. The maximum Gasteiger partial charge on any atom is 0.433 e. The first kappa shape index (κ1) is 23.7. The van der Waals surface area contributed by atoms with E-state index in [2.05, 4.69) is 25.4 Å². The number of amides is 1. The zero-order valence-corrected chi connectivity index (χ0v) is 19.4. The number of nitrogens with one attached hydrogen (secondary N) is 1. The molecule has 8 nitrogen and oxygen atoms in total. The Hall–Kier alpha value is -3.50. The Labute approximate surface area is 195 Å². The molecule has 0 radical (unpaired) electrons. The van der Waals surface area contributed by atoms with Crippen LogP contribution in [0.3, 0.4) is 0 Å². The number of hydrogen-bond acceptors (Lipinski definition) is 6. The molecule has 3 aromatic heterocycles. The van der Waals surface area contributed by atoms with Crippen LogP contribution < -0.4 is 10.2 Å². The van der Waals surface area contributed by atoms with Gasteiger partial charge in [-0.2, -0.15) is 18.3 Å². The van der Waals surface area contributed by atoms with Crippen LogP contribution in [0.1, 0.15) is 53.8 Å². The van der Waals surface area contributed by atoms with Gasteiger partial charge in [0, 0.05) is 25.4 Å². The fourth-order valence-corrected chi connectivity index (χ4v) is 3.97. The summed E-state index contributed by atoms with van der Waals surface area (Å²) in [5.74, 6) is 1.13. The number of carbonyl (C=O) groups is 1. The van der Waals surface area contributed by atoms with E-state index in [0.29, 0.717) is 53.7 Å². The second-order valence-electron chi connectivity index (χ2n) is 8.77. The fourth-order valence-electron chi connectivity index (χ4n) is 3.97. The summed E-state index contributed by atoms with van der Waals surface area (Å²) in [6, 6.07) is 2.49. The SMILES string of the molecule is Cc1nc(CCc2cnn(Cc3ccc(C(F)(F)F)nc3C(C)C)c2)nc2c1NC(=O)CN2C. The number of fused-ring (bicyclic) bond motifs is 1. The molecule has 1 amide bonds. The van der Waals surface area contributed by atoms with E-state index in [1.165, 1.54) is 6.07 Å². The Kier molecular flexibility index (Phi) is 6.28. The highest BCUT2D eigenvalue weighted by molar-refractivity contribution is 6.00. The molecular weight excluding hydrogens is 447 g/mol. The number of likely N-dealkylation sites (N-methyl/N-ethyl adjacent to an activating group) is 1. The molecule has 0 bridgehead atoms. The Balaban J connectivity index is 1.47. The lowest BCUT2D eigenvalue weighted by atomic mass is 10.0. The van der Waals surface area contributed by atoms with Gasteiger partial charge in [0.2, 0.25) is 5.91 Å². The molecular formula is C23H26F3N7O. The number of rotatable bonds is 6. The van der Waals surface area contributed by atoms with Gasteiger partial charge in [0.1, 0.15) is 17.2 Å². The number of aryl methyl sites for hydroxylation is 3. The number of anilines is 2. The van der Waals surface area contributed by atoms with Crippen LogP contribution >= 0.6 is 0 Å². The third-order valence-electron chi connectivity index (χ3n) is 5.63. The van der Waals surface area contributed by atoms with Crippen molar-refractivity contribution in [2.75, 3.05) is 23.8 Å². The predicted octanol–water partition coefficient (Wildman–Crippen LogP) is 3.74. The standard InChI is InChI=1S/C23H26F3N7O/c1-13(2)20-16(6-7-17(29-20)23(24,25)26)11-33-10-15(9-27-33)5-8-18-28-14(3)21-22(30-18)32(4)12-19(34)31-21/h6-7,9-10,13H,5,8,11-12H2,1-4H3,(H,31,34). The van der Waals surface area contributed by atoms with Crippen molar-refractivity contribution in [3.63, 3.8) is 0 Å². The van der Waals surface area contributed by atoms with Gasteiger partial charge >= 0.3 is 6.18 Å². The molecule has 0 aromatic carbocycles. The van der Waals surface area contributed by atoms with Crippen LogP contribution in [-0.2, 0) is 30.4 Å². The number of pyridine rings is 1. The normalized spacial score (nSPS) is 13.9. The van der Waals surface area contributed by atoms with E-state index in [1.54, 1.807) is 15.8 Å². The maximum atomic E-state index is 13.1. The highest BCUT2D eigenvalue weighted by atomic mass is 19.4. The molecule has 4 heterocycles. The van der Waals surface area contributed by atoms with Gasteiger partial charge in [-0.3, -0.25) is 9.48 Å². The molecule has 0 aliphatic carbocycles. The number of carbonyl (C=O) groups excluding carboxylic acids is 1. The van der Waals surface area contributed by atoms with Crippen LogP contribution in [0.2, 0.25) is 0 Å². The van der Waals surface area contributed by atoms with Crippen LogP contribution in [0.15, 0.2) is 24.5 Å². The topological polar surface area (TPSA) is 88.8 Å². The quantitative estimate of drug-likeness (QED) is 0.587. The second-order valence-corrected chi connectivity index (χ2v) is 8.77. The summed E-state index contributed by atoms with van der Waals surface area (Å²) in [5.41, 5.74) is 2.56. The largest absolute Gasteiger partial charge is 0.433 e. The van der Waals surface area contributed by atoms with Gasteiger partial charge in [0.15, 0.2) is 5.82 Å². The van der Waals surface area contributed by atoms with Crippen LogP contribution in [-0.4, -0.2) is 44.2 Å². The Morgan fingerprint density at radius 1 is 1.15 bits per heavy atom. The van der Waals surface area contributed by atoms with Crippen LogP contribution in [0.25, 0.3) is 0 Å². The molecule has 1 aliphatic rings. The summed E-state index contributed by atoms with van der Waals surface area (Å²) < 4.78 is 40.9. The van der Waals surface area contributed by atoms with E-state index >= 15 is 0 Å². The summed E-state index contributed by atoms with van der Waals surface area (Å²) in [7, 11) is 1.82. The first-order valence-electron chi connectivity index (χ1n) is 11.0. The van der Waals surface area contributed by atoms with Gasteiger partial charge in [-0.05, 0) is 36.5 Å². The van der Waals surface area contributed by atoms with Gasteiger partial charge in [0.05, 0.1) is 25.0 Å². The molecule has 4 rings (SSSR count). The number of alkyl halides is 3. The molecule has 34 heavy (non-hydrogen) atoms. The maximum absolute atomic E-state index is 13.1. The molecule has 0 atom stereocenters. The van der Waals surface area contributed by atoms with Crippen molar-refractivity contribution in [3.8, 4) is 0 Å². The molecule has 1 aliphatic heterocycles. The summed E-state index contributed by atoms with van der Waals surface area (Å²) in [6.45, 7) is 6.06. The Morgan fingerprint density at radius 3 is 2.62 bits per heavy atom. The van der Waals surface area contributed by atoms with Gasteiger partial charge in [-0.1, -0.05) is 19.9 Å². The lowest BCUT2D eigenvalue weighted by molar-refractivity contribution is -0.141. The summed E-state index contributed by atoms with van der Waals surface area (Å²) >= 11 is 0. The van der Waals surface area contributed by atoms with Gasteiger partial charge < -0.3 is 10.2 Å². The molecule has 11 heteroatoms. The summed E-state index contributed by atoms with van der Waals surface area (Å²) in [5, 5.41) is 7.20. The van der Waals surface area contributed by atoms with Crippen LogP contribution in [0.5, 0.6) is 0 Å². The minimum atomic E-state index is -4.47. The highest BCUT2D eigenvalue weighted by Gasteiger charge is 2.33. The van der Waals surface area contributed by atoms with Crippen molar-refractivity contribution < 1.29 is 18.0 Å². The summed E-state index contributed by atoms with van der Waals surface area (Å²) in [6.07, 6.45) is 0.374. The first-order chi connectivity index (χ1) is 16.0. The predicted molar refractivity (Wildman–Crippen MR) is 121 cm³/mol. The number of hydrogen-bond donors (Lipinski definition) is 1. The monoisotopic (exact) mass is 473 g/mol. The molecule has 0 saturated carbocycles. The van der Waals surface area contributed by atoms with E-state index in [0.717, 1.165) is 11.6 Å². The lowest BCUT2D eigenvalue weighted by Gasteiger charge is -2.27. The number of halogens is 3. The highest BCUT2D eigenvalue weighted by Crippen LogP contribution is 2.31.